The van der Waals surface area contributed by atoms with E-state index in [0.29, 0.717) is 16.5 Å². The normalized spacial score (nSPS) is 10.8. The highest BCUT2D eigenvalue weighted by Crippen LogP contribution is 2.30. The summed E-state index contributed by atoms with van der Waals surface area (Å²) in [7, 11) is 1.58. The molecule has 5 nitrogen and oxygen atoms in total. The molecule has 140 valence electrons. The second-order valence-electron chi connectivity index (χ2n) is 6.36. The van der Waals surface area contributed by atoms with Crippen LogP contribution in [0.4, 0.5) is 5.69 Å². The molecule has 0 aliphatic carbocycles. The lowest BCUT2D eigenvalue weighted by atomic mass is 10.1. The van der Waals surface area contributed by atoms with Gasteiger partial charge < -0.3 is 14.5 Å². The van der Waals surface area contributed by atoms with Crippen LogP contribution < -0.4 is 10.1 Å². The molecular formula is C22H18ClN3O2. The quantitative estimate of drug-likeness (QED) is 0.529. The number of imidazole rings is 1. The van der Waals surface area contributed by atoms with Gasteiger partial charge in [0.2, 0.25) is 5.91 Å². The summed E-state index contributed by atoms with van der Waals surface area (Å²) in [6.07, 6.45) is 4.15. The third kappa shape index (κ3) is 3.85. The summed E-state index contributed by atoms with van der Waals surface area (Å²) in [6.45, 7) is 0. The van der Waals surface area contributed by atoms with Crippen LogP contribution in [0.5, 0.6) is 5.75 Å². The first-order chi connectivity index (χ1) is 13.6. The second kappa shape index (κ2) is 7.74. The molecular weight excluding hydrogens is 374 g/mol. The minimum absolute atomic E-state index is 0.132. The molecule has 2 aromatic heterocycles. The first-order valence-corrected chi connectivity index (χ1v) is 9.16. The van der Waals surface area contributed by atoms with Crippen molar-refractivity contribution in [1.82, 2.24) is 9.38 Å². The molecule has 2 aromatic carbocycles. The summed E-state index contributed by atoms with van der Waals surface area (Å²) in [6, 6.07) is 18.7. The van der Waals surface area contributed by atoms with Crippen LogP contribution in [-0.2, 0) is 11.2 Å². The van der Waals surface area contributed by atoms with E-state index in [4.69, 9.17) is 16.3 Å². The van der Waals surface area contributed by atoms with Gasteiger partial charge in [-0.1, -0.05) is 29.8 Å². The van der Waals surface area contributed by atoms with E-state index in [1.807, 2.05) is 65.3 Å². The smallest absolute Gasteiger partial charge is 0.228 e. The van der Waals surface area contributed by atoms with Crippen molar-refractivity contribution in [3.63, 3.8) is 0 Å². The van der Waals surface area contributed by atoms with Crippen LogP contribution in [0.2, 0.25) is 5.02 Å². The molecule has 1 amide bonds. The van der Waals surface area contributed by atoms with Gasteiger partial charge in [-0.25, -0.2) is 4.98 Å². The Bertz CT molecular complexity index is 1100. The fraction of sp³-hybridized carbons (Fsp3) is 0.0909. The van der Waals surface area contributed by atoms with Gasteiger partial charge in [0.25, 0.3) is 0 Å². The number of halogens is 1. The first kappa shape index (κ1) is 18.1. The number of fused-ring (bicyclic) bond motifs is 1. The van der Waals surface area contributed by atoms with E-state index in [0.717, 1.165) is 22.5 Å². The number of amides is 1. The monoisotopic (exact) mass is 391 g/mol. The molecule has 4 aromatic rings. The Labute approximate surface area is 167 Å². The third-order valence-corrected chi connectivity index (χ3v) is 4.66. The minimum atomic E-state index is -0.132. The Kier molecular flexibility index (Phi) is 5.00. The highest BCUT2D eigenvalue weighted by Gasteiger charge is 2.12. The molecule has 28 heavy (non-hydrogen) atoms. The maximum Gasteiger partial charge on any atom is 0.228 e. The maximum atomic E-state index is 12.5. The maximum absolute atomic E-state index is 12.5. The van der Waals surface area contributed by atoms with E-state index >= 15 is 0 Å². The number of methoxy groups -OCH3 is 1. The molecule has 4 rings (SSSR count). The number of rotatable bonds is 5. The number of carbonyl (C=O) groups excluding carboxylic acids is 1. The molecule has 0 saturated heterocycles. The number of carbonyl (C=O) groups is 1. The number of hydrogen-bond acceptors (Lipinski definition) is 3. The highest BCUT2D eigenvalue weighted by atomic mass is 35.5. The van der Waals surface area contributed by atoms with Crippen molar-refractivity contribution in [2.45, 2.75) is 6.42 Å². The van der Waals surface area contributed by atoms with Crippen LogP contribution in [0.15, 0.2) is 73.1 Å². The predicted molar refractivity (Wildman–Crippen MR) is 111 cm³/mol. The van der Waals surface area contributed by atoms with Gasteiger partial charge in [-0.2, -0.15) is 0 Å². The molecule has 0 atom stereocenters. The van der Waals surface area contributed by atoms with E-state index in [1.165, 1.54) is 0 Å². The second-order valence-corrected chi connectivity index (χ2v) is 6.80. The van der Waals surface area contributed by atoms with Crippen molar-refractivity contribution in [3.8, 4) is 17.0 Å². The zero-order valence-corrected chi connectivity index (χ0v) is 16.0. The van der Waals surface area contributed by atoms with Crippen molar-refractivity contribution in [2.75, 3.05) is 12.4 Å². The van der Waals surface area contributed by atoms with E-state index in [2.05, 4.69) is 10.3 Å². The summed E-state index contributed by atoms with van der Waals surface area (Å²) in [4.78, 5) is 17.1. The number of pyridine rings is 1. The SMILES string of the molecule is COc1ccc(-c2cn3ccccc3n2)cc1NC(=O)Cc1ccc(Cl)cc1. The van der Waals surface area contributed by atoms with Crippen molar-refractivity contribution in [3.05, 3.63) is 83.6 Å². The van der Waals surface area contributed by atoms with E-state index in [9.17, 15) is 4.79 Å². The molecule has 0 radical (unpaired) electrons. The molecule has 1 N–H and O–H groups in total. The summed E-state index contributed by atoms with van der Waals surface area (Å²) in [5, 5.41) is 3.58. The molecule has 0 spiro atoms. The van der Waals surface area contributed by atoms with Gasteiger partial charge in [0, 0.05) is 23.0 Å². The van der Waals surface area contributed by atoms with Crippen LogP contribution >= 0.6 is 11.6 Å². The molecule has 0 unspecified atom stereocenters. The van der Waals surface area contributed by atoms with Gasteiger partial charge in [0.15, 0.2) is 0 Å². The van der Waals surface area contributed by atoms with Crippen molar-refractivity contribution in [2.24, 2.45) is 0 Å². The summed E-state index contributed by atoms with van der Waals surface area (Å²) < 4.78 is 7.36. The average Bonchev–Trinajstić information content (AvgIpc) is 3.14. The highest BCUT2D eigenvalue weighted by molar-refractivity contribution is 6.30. The molecule has 0 fully saturated rings. The minimum Gasteiger partial charge on any atom is -0.495 e. The third-order valence-electron chi connectivity index (χ3n) is 4.41. The fourth-order valence-electron chi connectivity index (χ4n) is 3.02. The number of ether oxygens (including phenoxy) is 1. The summed E-state index contributed by atoms with van der Waals surface area (Å²) in [5.74, 6) is 0.463. The van der Waals surface area contributed by atoms with E-state index in [-0.39, 0.29) is 12.3 Å². The Morgan fingerprint density at radius 1 is 1.14 bits per heavy atom. The lowest BCUT2D eigenvalue weighted by Gasteiger charge is -2.12. The fourth-order valence-corrected chi connectivity index (χ4v) is 3.15. The number of nitrogens with zero attached hydrogens (tertiary/aromatic N) is 2. The molecule has 2 heterocycles. The molecule has 0 bridgehead atoms. The lowest BCUT2D eigenvalue weighted by molar-refractivity contribution is -0.115. The van der Waals surface area contributed by atoms with Crippen LogP contribution in [0.1, 0.15) is 5.56 Å². The van der Waals surface area contributed by atoms with Gasteiger partial charge in [-0.3, -0.25) is 4.79 Å². The van der Waals surface area contributed by atoms with E-state index in [1.54, 1.807) is 19.2 Å². The molecule has 0 saturated carbocycles. The predicted octanol–water partition coefficient (Wildman–Crippen LogP) is 4.84. The Balaban J connectivity index is 1.59. The Morgan fingerprint density at radius 2 is 1.96 bits per heavy atom. The molecule has 0 aliphatic heterocycles. The van der Waals surface area contributed by atoms with Gasteiger partial charge >= 0.3 is 0 Å². The van der Waals surface area contributed by atoms with Gasteiger partial charge in [-0.15, -0.1) is 0 Å². The topological polar surface area (TPSA) is 55.6 Å². The van der Waals surface area contributed by atoms with Crippen molar-refractivity contribution >= 4 is 28.8 Å². The number of benzene rings is 2. The van der Waals surface area contributed by atoms with Crippen LogP contribution in [0.25, 0.3) is 16.9 Å². The first-order valence-electron chi connectivity index (χ1n) is 8.79. The van der Waals surface area contributed by atoms with Crippen molar-refractivity contribution in [1.29, 1.82) is 0 Å². The molecule has 0 aliphatic rings. The van der Waals surface area contributed by atoms with E-state index < -0.39 is 0 Å². The summed E-state index contributed by atoms with van der Waals surface area (Å²) in [5.41, 5.74) is 4.07. The van der Waals surface area contributed by atoms with Gasteiger partial charge in [0.05, 0.1) is 24.9 Å². The number of aromatic nitrogens is 2. The lowest BCUT2D eigenvalue weighted by Crippen LogP contribution is -2.15. The number of nitrogens with one attached hydrogen (secondary N) is 1. The summed E-state index contributed by atoms with van der Waals surface area (Å²) >= 11 is 5.90. The Hall–Kier alpha value is -3.31. The van der Waals surface area contributed by atoms with Crippen LogP contribution in [-0.4, -0.2) is 22.4 Å². The van der Waals surface area contributed by atoms with Gasteiger partial charge in [-0.05, 0) is 48.0 Å². The number of anilines is 1. The largest absolute Gasteiger partial charge is 0.495 e. The standard InChI is InChI=1S/C22H18ClN3O2/c1-28-20-10-7-16(19-14-26-11-3-2-4-21(26)24-19)13-18(20)25-22(27)12-15-5-8-17(23)9-6-15/h2-11,13-14H,12H2,1H3,(H,25,27). The zero-order chi connectivity index (χ0) is 19.5. The Morgan fingerprint density at radius 3 is 2.71 bits per heavy atom. The van der Waals surface area contributed by atoms with Crippen molar-refractivity contribution < 1.29 is 9.53 Å². The van der Waals surface area contributed by atoms with Crippen LogP contribution in [0.3, 0.4) is 0 Å². The van der Waals surface area contributed by atoms with Crippen LogP contribution in [0, 0.1) is 0 Å². The molecule has 6 heteroatoms. The average molecular weight is 392 g/mol. The zero-order valence-electron chi connectivity index (χ0n) is 15.2. The van der Waals surface area contributed by atoms with Gasteiger partial charge in [0.1, 0.15) is 11.4 Å². The number of hydrogen-bond donors (Lipinski definition) is 1.